The summed E-state index contributed by atoms with van der Waals surface area (Å²) in [5.74, 6) is -1.03. The van der Waals surface area contributed by atoms with Gasteiger partial charge in [0.1, 0.15) is 6.04 Å². The van der Waals surface area contributed by atoms with E-state index in [0.29, 0.717) is 18.7 Å². The number of hydrogen-bond acceptors (Lipinski definition) is 5. The van der Waals surface area contributed by atoms with E-state index >= 15 is 0 Å². The molecule has 1 rings (SSSR count). The van der Waals surface area contributed by atoms with E-state index in [4.69, 9.17) is 0 Å². The standard InChI is InChI=1S/C18H27BN5O4/c1-12(25)23-15(18(28)20-3)8-9-16(26)22-11-10-21-14-6-4-13(5-7-14)17(27)24-19-2/h4-7,15,21H,8-11H2,1-3H3,(H,20,28)(H,22,26)(H,23,25)(H,24,27)/t15-/m0/s1. The average molecular weight is 388 g/mol. The zero-order chi connectivity index (χ0) is 20.9. The zero-order valence-electron chi connectivity index (χ0n) is 16.4. The second kappa shape index (κ2) is 12.4. The molecular formula is C18H27BN5O4. The summed E-state index contributed by atoms with van der Waals surface area (Å²) in [5, 5.41) is 13.5. The smallest absolute Gasteiger partial charge is 0.243 e. The molecule has 1 aromatic carbocycles. The summed E-state index contributed by atoms with van der Waals surface area (Å²) in [6.07, 6.45) is 0.341. The second-order valence-electron chi connectivity index (χ2n) is 6.02. The maximum atomic E-state index is 11.9. The molecule has 1 aromatic rings. The molecule has 5 N–H and O–H groups in total. The lowest BCUT2D eigenvalue weighted by molar-refractivity contribution is -0.128. The van der Waals surface area contributed by atoms with E-state index in [1.165, 1.54) is 14.0 Å². The first kappa shape index (κ1) is 23.0. The van der Waals surface area contributed by atoms with Crippen LogP contribution in [-0.4, -0.2) is 57.2 Å². The van der Waals surface area contributed by atoms with Gasteiger partial charge in [-0.3, -0.25) is 19.2 Å². The highest BCUT2D eigenvalue weighted by molar-refractivity contribution is 6.36. The van der Waals surface area contributed by atoms with Gasteiger partial charge in [0.05, 0.1) is 0 Å². The molecule has 0 saturated carbocycles. The predicted molar refractivity (Wildman–Crippen MR) is 108 cm³/mol. The number of anilines is 1. The Morgan fingerprint density at radius 1 is 1.07 bits per heavy atom. The molecule has 0 fully saturated rings. The van der Waals surface area contributed by atoms with E-state index in [-0.39, 0.29) is 36.5 Å². The summed E-state index contributed by atoms with van der Waals surface area (Å²) in [7, 11) is 3.05. The number of carbonyl (C=O) groups is 4. The van der Waals surface area contributed by atoms with E-state index in [9.17, 15) is 19.2 Å². The summed E-state index contributed by atoms with van der Waals surface area (Å²) in [5.41, 5.74) is 1.39. The largest absolute Gasteiger partial charge is 0.400 e. The molecule has 1 radical (unpaired) electrons. The Kier molecular flexibility index (Phi) is 10.2. The summed E-state index contributed by atoms with van der Waals surface area (Å²) < 4.78 is 0. The fraction of sp³-hybridized carbons (Fsp3) is 0.444. The highest BCUT2D eigenvalue weighted by atomic mass is 16.2. The van der Waals surface area contributed by atoms with Crippen LogP contribution >= 0.6 is 0 Å². The second-order valence-corrected chi connectivity index (χ2v) is 6.02. The molecule has 0 saturated heterocycles. The molecule has 0 unspecified atom stereocenters. The van der Waals surface area contributed by atoms with Crippen molar-refractivity contribution in [2.75, 3.05) is 25.5 Å². The van der Waals surface area contributed by atoms with Gasteiger partial charge in [0.2, 0.25) is 31.0 Å². The maximum absolute atomic E-state index is 11.9. The number of amides is 4. The van der Waals surface area contributed by atoms with Crippen LogP contribution in [-0.2, 0) is 14.4 Å². The van der Waals surface area contributed by atoms with Gasteiger partial charge >= 0.3 is 0 Å². The van der Waals surface area contributed by atoms with Crippen molar-refractivity contribution in [2.45, 2.75) is 32.6 Å². The number of nitrogens with one attached hydrogen (secondary N) is 5. The monoisotopic (exact) mass is 388 g/mol. The Morgan fingerprint density at radius 3 is 2.32 bits per heavy atom. The van der Waals surface area contributed by atoms with E-state index in [1.54, 1.807) is 38.5 Å². The number of likely N-dealkylation sites (N-methyl/N-ethyl adjacent to an activating group) is 1. The van der Waals surface area contributed by atoms with Gasteiger partial charge in [0, 0.05) is 44.7 Å². The minimum absolute atomic E-state index is 0.122. The molecule has 0 aromatic heterocycles. The zero-order valence-corrected chi connectivity index (χ0v) is 16.4. The van der Waals surface area contributed by atoms with E-state index < -0.39 is 6.04 Å². The van der Waals surface area contributed by atoms with Crippen LogP contribution < -0.4 is 26.5 Å². The van der Waals surface area contributed by atoms with Crippen LogP contribution in [0.15, 0.2) is 24.3 Å². The highest BCUT2D eigenvalue weighted by Gasteiger charge is 2.19. The first-order chi connectivity index (χ1) is 13.4. The summed E-state index contributed by atoms with van der Waals surface area (Å²) >= 11 is 0. The van der Waals surface area contributed by atoms with Crippen LogP contribution in [0.5, 0.6) is 0 Å². The van der Waals surface area contributed by atoms with Gasteiger partial charge in [0.25, 0.3) is 0 Å². The molecule has 0 aliphatic heterocycles. The van der Waals surface area contributed by atoms with Gasteiger partial charge in [0.15, 0.2) is 0 Å². The topological polar surface area (TPSA) is 128 Å². The van der Waals surface area contributed by atoms with Crippen molar-refractivity contribution in [2.24, 2.45) is 0 Å². The summed E-state index contributed by atoms with van der Waals surface area (Å²) in [6.45, 7) is 3.96. The quantitative estimate of drug-likeness (QED) is 0.261. The number of hydrogen-bond donors (Lipinski definition) is 5. The number of rotatable bonds is 11. The average Bonchev–Trinajstić information content (AvgIpc) is 2.68. The van der Waals surface area contributed by atoms with Crippen molar-refractivity contribution in [3.8, 4) is 0 Å². The molecule has 0 spiro atoms. The van der Waals surface area contributed by atoms with Gasteiger partial charge < -0.3 is 26.5 Å². The van der Waals surface area contributed by atoms with Crippen molar-refractivity contribution in [1.82, 2.24) is 21.2 Å². The lowest BCUT2D eigenvalue weighted by atomic mass is 9.99. The molecular weight excluding hydrogens is 361 g/mol. The summed E-state index contributed by atoms with van der Waals surface area (Å²) in [4.78, 5) is 46.4. The van der Waals surface area contributed by atoms with Crippen molar-refractivity contribution in [1.29, 1.82) is 0 Å². The molecule has 9 nitrogen and oxygen atoms in total. The molecule has 0 heterocycles. The Hall–Kier alpha value is -3.04. The van der Waals surface area contributed by atoms with Crippen LogP contribution in [0, 0.1) is 0 Å². The highest BCUT2D eigenvalue weighted by Crippen LogP contribution is 2.09. The molecule has 28 heavy (non-hydrogen) atoms. The fourth-order valence-electron chi connectivity index (χ4n) is 2.41. The van der Waals surface area contributed by atoms with Crippen molar-refractivity contribution in [3.05, 3.63) is 29.8 Å². The van der Waals surface area contributed by atoms with Gasteiger partial charge in [-0.25, -0.2) is 0 Å². The molecule has 4 amide bonds. The lowest BCUT2D eigenvalue weighted by Gasteiger charge is -2.16. The van der Waals surface area contributed by atoms with E-state index in [1.807, 2.05) is 0 Å². The summed E-state index contributed by atoms with van der Waals surface area (Å²) in [6, 6.07) is 6.26. The van der Waals surface area contributed by atoms with E-state index in [0.717, 1.165) is 5.69 Å². The molecule has 0 aliphatic carbocycles. The third kappa shape index (κ3) is 8.57. The third-order valence-electron chi connectivity index (χ3n) is 3.80. The number of carbonyl (C=O) groups excluding carboxylic acids is 4. The van der Waals surface area contributed by atoms with Crippen LogP contribution in [0.4, 0.5) is 5.69 Å². The maximum Gasteiger partial charge on any atom is 0.243 e. The molecule has 10 heteroatoms. The van der Waals surface area contributed by atoms with Crippen molar-refractivity contribution < 1.29 is 19.2 Å². The molecule has 0 bridgehead atoms. The van der Waals surface area contributed by atoms with Crippen LogP contribution in [0.2, 0.25) is 6.82 Å². The molecule has 151 valence electrons. The first-order valence-corrected chi connectivity index (χ1v) is 9.05. The van der Waals surface area contributed by atoms with Crippen molar-refractivity contribution in [3.63, 3.8) is 0 Å². The van der Waals surface area contributed by atoms with Gasteiger partial charge in [-0.15, -0.1) is 0 Å². The SMILES string of the molecule is C[B]NC(=O)c1ccc(NCCNC(=O)CC[C@H](NC(C)=O)C(=O)NC)cc1. The Bertz CT molecular complexity index is 681. The Labute approximate surface area is 165 Å². The normalized spacial score (nSPS) is 11.0. The Morgan fingerprint density at radius 2 is 1.75 bits per heavy atom. The van der Waals surface area contributed by atoms with Gasteiger partial charge in [-0.05, 0) is 30.7 Å². The van der Waals surface area contributed by atoms with Crippen molar-refractivity contribution >= 4 is 36.7 Å². The minimum Gasteiger partial charge on any atom is -0.400 e. The van der Waals surface area contributed by atoms with Crippen LogP contribution in [0.3, 0.4) is 0 Å². The lowest BCUT2D eigenvalue weighted by Crippen LogP contribution is -2.45. The molecule has 0 aliphatic rings. The van der Waals surface area contributed by atoms with Crippen LogP contribution in [0.1, 0.15) is 30.1 Å². The predicted octanol–water partition coefficient (Wildman–Crippen LogP) is -0.357. The Balaban J connectivity index is 2.31. The van der Waals surface area contributed by atoms with Gasteiger partial charge in [-0.2, -0.15) is 0 Å². The third-order valence-corrected chi connectivity index (χ3v) is 3.80. The minimum atomic E-state index is -0.729. The van der Waals surface area contributed by atoms with Gasteiger partial charge in [-0.1, -0.05) is 6.82 Å². The van der Waals surface area contributed by atoms with Crippen LogP contribution in [0.25, 0.3) is 0 Å². The first-order valence-electron chi connectivity index (χ1n) is 9.05. The molecule has 1 atom stereocenters. The van der Waals surface area contributed by atoms with E-state index in [2.05, 4.69) is 26.5 Å². The number of benzene rings is 1. The fourth-order valence-corrected chi connectivity index (χ4v) is 2.41.